The fourth-order valence-corrected chi connectivity index (χ4v) is 1.99. The zero-order valence-electron chi connectivity index (χ0n) is 16.2. The third-order valence-electron chi connectivity index (χ3n) is 3.50. The van der Waals surface area contributed by atoms with Crippen molar-refractivity contribution < 1.29 is 34.1 Å². The van der Waals surface area contributed by atoms with Crippen molar-refractivity contribution in [2.75, 3.05) is 32.8 Å². The molecule has 1 rings (SSSR count). The number of carboxylic acid groups (broad SMARTS) is 2. The predicted octanol–water partition coefficient (Wildman–Crippen LogP) is 1.37. The van der Waals surface area contributed by atoms with Crippen LogP contribution in [0, 0.1) is 6.92 Å². The minimum atomic E-state index is -1.82. The van der Waals surface area contributed by atoms with Crippen LogP contribution in [-0.4, -0.2) is 70.9 Å². The van der Waals surface area contributed by atoms with Gasteiger partial charge in [-0.1, -0.05) is 20.8 Å². The van der Waals surface area contributed by atoms with Crippen molar-refractivity contribution in [1.29, 1.82) is 0 Å². The second-order valence-electron chi connectivity index (χ2n) is 5.40. The van der Waals surface area contributed by atoms with Crippen molar-refractivity contribution in [3.63, 3.8) is 0 Å². The Hall–Kier alpha value is -2.68. The van der Waals surface area contributed by atoms with Gasteiger partial charge in [-0.05, 0) is 38.6 Å². The van der Waals surface area contributed by atoms with Gasteiger partial charge in [-0.25, -0.2) is 14.4 Å². The topological polar surface area (TPSA) is 126 Å². The summed E-state index contributed by atoms with van der Waals surface area (Å²) >= 11 is 0. The maximum atomic E-state index is 11.7. The smallest absolute Gasteiger partial charge is 0.414 e. The molecule has 9 nitrogen and oxygen atoms in total. The van der Waals surface area contributed by atoms with Gasteiger partial charge in [0.05, 0.1) is 5.69 Å². The zero-order valence-corrected chi connectivity index (χ0v) is 16.2. The molecule has 0 fully saturated rings. The summed E-state index contributed by atoms with van der Waals surface area (Å²) < 4.78 is 10.7. The zero-order chi connectivity index (χ0) is 20.8. The molecule has 2 N–H and O–H groups in total. The lowest BCUT2D eigenvalue weighted by atomic mass is 10.2. The van der Waals surface area contributed by atoms with Gasteiger partial charge in [0.25, 0.3) is 0 Å². The first-order chi connectivity index (χ1) is 12.7. The van der Waals surface area contributed by atoms with E-state index in [0.717, 1.165) is 37.4 Å². The number of hydrogen-bond donors (Lipinski definition) is 2. The molecule has 1 aromatic rings. The van der Waals surface area contributed by atoms with E-state index in [4.69, 9.17) is 29.3 Å². The first kappa shape index (κ1) is 24.3. The Balaban J connectivity index is 0.000000972. The Labute approximate surface area is 158 Å². The molecule has 1 heterocycles. The van der Waals surface area contributed by atoms with E-state index in [1.807, 2.05) is 26.0 Å². The van der Waals surface area contributed by atoms with Crippen molar-refractivity contribution in [2.45, 2.75) is 34.1 Å². The van der Waals surface area contributed by atoms with Crippen LogP contribution in [0.3, 0.4) is 0 Å². The number of likely N-dealkylation sites (N-methyl/N-ethyl adjacent to an activating group) is 1. The molecule has 0 spiro atoms. The number of hydrogen-bond acceptors (Lipinski definition) is 7. The monoisotopic (exact) mass is 384 g/mol. The Morgan fingerprint density at radius 1 is 1.07 bits per heavy atom. The number of esters is 1. The molecule has 152 valence electrons. The first-order valence-corrected chi connectivity index (χ1v) is 8.68. The van der Waals surface area contributed by atoms with Crippen LogP contribution in [-0.2, 0) is 25.5 Å². The van der Waals surface area contributed by atoms with Gasteiger partial charge in [0.1, 0.15) is 12.4 Å². The molecule has 0 aromatic carbocycles. The van der Waals surface area contributed by atoms with Gasteiger partial charge in [0.2, 0.25) is 0 Å². The van der Waals surface area contributed by atoms with Gasteiger partial charge in [0, 0.05) is 12.2 Å². The molecule has 9 heteroatoms. The Morgan fingerprint density at radius 2 is 1.67 bits per heavy atom. The van der Waals surface area contributed by atoms with Crippen molar-refractivity contribution >= 4 is 17.9 Å². The number of nitrogens with zero attached hydrogens (tertiary/aromatic N) is 2. The number of ether oxygens (including phenoxy) is 2. The van der Waals surface area contributed by atoms with E-state index in [-0.39, 0.29) is 12.6 Å². The van der Waals surface area contributed by atoms with Crippen LogP contribution < -0.4 is 4.74 Å². The number of carbonyl (C=O) groups is 3. The lowest BCUT2D eigenvalue weighted by Crippen LogP contribution is -2.28. The maximum Gasteiger partial charge on any atom is 0.414 e. The summed E-state index contributed by atoms with van der Waals surface area (Å²) in [5.74, 6) is -3.33. The highest BCUT2D eigenvalue weighted by Crippen LogP contribution is 2.17. The van der Waals surface area contributed by atoms with Gasteiger partial charge < -0.3 is 24.6 Å². The van der Waals surface area contributed by atoms with E-state index in [1.165, 1.54) is 0 Å². The molecule has 0 saturated carbocycles. The van der Waals surface area contributed by atoms with Crippen molar-refractivity contribution in [1.82, 2.24) is 9.88 Å². The third kappa shape index (κ3) is 10.8. The van der Waals surface area contributed by atoms with Gasteiger partial charge in [-0.3, -0.25) is 4.98 Å². The van der Waals surface area contributed by atoms with Crippen LogP contribution in [0.2, 0.25) is 0 Å². The molecule has 0 aliphatic heterocycles. The van der Waals surface area contributed by atoms with E-state index in [2.05, 4.69) is 23.7 Å². The number of aliphatic carboxylic acids is 2. The molecule has 0 radical (unpaired) electrons. The highest BCUT2D eigenvalue weighted by Gasteiger charge is 2.09. The summed E-state index contributed by atoms with van der Waals surface area (Å²) in [5, 5.41) is 14.8. The standard InChI is InChI=1S/C16H26N2O3.C2H2O4/c1-5-14-15(9-8-13(4)17-14)21-12-16(19)20-11-10-18(6-2)7-3;3-1(4)2(5)6/h8-9H,5-7,10-12H2,1-4H3;(H,3,4)(H,5,6). The molecule has 0 unspecified atom stereocenters. The van der Waals surface area contributed by atoms with E-state index in [9.17, 15) is 4.79 Å². The molecule has 0 atom stereocenters. The minimum Gasteiger partial charge on any atom is -0.480 e. The summed E-state index contributed by atoms with van der Waals surface area (Å²) in [6, 6.07) is 3.73. The van der Waals surface area contributed by atoms with Crippen molar-refractivity contribution in [3.05, 3.63) is 23.5 Å². The average Bonchev–Trinajstić information content (AvgIpc) is 2.64. The van der Waals surface area contributed by atoms with Gasteiger partial charge in [0.15, 0.2) is 6.61 Å². The number of carboxylic acids is 2. The molecule has 1 aromatic heterocycles. The Bertz CT molecular complexity index is 604. The molecule has 27 heavy (non-hydrogen) atoms. The molecule has 0 aliphatic carbocycles. The SMILES string of the molecule is CCc1nc(C)ccc1OCC(=O)OCCN(CC)CC.O=C(O)C(=O)O. The quantitative estimate of drug-likeness (QED) is 0.479. The van der Waals surface area contributed by atoms with E-state index >= 15 is 0 Å². The number of aryl methyl sites for hydroxylation is 2. The van der Waals surface area contributed by atoms with Crippen LogP contribution in [0.15, 0.2) is 12.1 Å². The van der Waals surface area contributed by atoms with E-state index < -0.39 is 11.9 Å². The molecular weight excluding hydrogens is 356 g/mol. The van der Waals surface area contributed by atoms with Gasteiger partial charge in [-0.15, -0.1) is 0 Å². The summed E-state index contributed by atoms with van der Waals surface area (Å²) in [5.41, 5.74) is 1.81. The molecule has 0 amide bonds. The summed E-state index contributed by atoms with van der Waals surface area (Å²) in [7, 11) is 0. The Kier molecular flexibility index (Phi) is 12.2. The lowest BCUT2D eigenvalue weighted by molar-refractivity contribution is -0.159. The minimum absolute atomic E-state index is 0.0734. The largest absolute Gasteiger partial charge is 0.480 e. The highest BCUT2D eigenvalue weighted by molar-refractivity contribution is 6.27. The van der Waals surface area contributed by atoms with E-state index in [0.29, 0.717) is 12.4 Å². The normalized spacial score (nSPS) is 9.96. The number of carbonyl (C=O) groups excluding carboxylic acids is 1. The Morgan fingerprint density at radius 3 is 2.15 bits per heavy atom. The van der Waals surface area contributed by atoms with Crippen LogP contribution in [0.4, 0.5) is 0 Å². The number of pyridine rings is 1. The van der Waals surface area contributed by atoms with Gasteiger partial charge in [-0.2, -0.15) is 0 Å². The van der Waals surface area contributed by atoms with Gasteiger partial charge >= 0.3 is 17.9 Å². The summed E-state index contributed by atoms with van der Waals surface area (Å²) in [4.78, 5) is 36.4. The maximum absolute atomic E-state index is 11.7. The molecular formula is C18H28N2O7. The summed E-state index contributed by atoms with van der Waals surface area (Å²) in [6.07, 6.45) is 0.772. The van der Waals surface area contributed by atoms with Crippen molar-refractivity contribution in [2.24, 2.45) is 0 Å². The number of aromatic nitrogens is 1. The average molecular weight is 384 g/mol. The van der Waals surface area contributed by atoms with E-state index in [1.54, 1.807) is 0 Å². The second-order valence-corrected chi connectivity index (χ2v) is 5.40. The molecule has 0 bridgehead atoms. The number of rotatable bonds is 9. The van der Waals surface area contributed by atoms with Crippen LogP contribution in [0.25, 0.3) is 0 Å². The molecule has 0 saturated heterocycles. The lowest BCUT2D eigenvalue weighted by Gasteiger charge is -2.17. The predicted molar refractivity (Wildman–Crippen MR) is 97.9 cm³/mol. The van der Waals surface area contributed by atoms with Crippen LogP contribution in [0.5, 0.6) is 5.75 Å². The highest BCUT2D eigenvalue weighted by atomic mass is 16.6. The third-order valence-corrected chi connectivity index (χ3v) is 3.50. The fourth-order valence-electron chi connectivity index (χ4n) is 1.99. The fraction of sp³-hybridized carbons (Fsp3) is 0.556. The van der Waals surface area contributed by atoms with Crippen molar-refractivity contribution in [3.8, 4) is 5.75 Å². The van der Waals surface area contributed by atoms with Crippen LogP contribution >= 0.6 is 0 Å². The van der Waals surface area contributed by atoms with Crippen LogP contribution in [0.1, 0.15) is 32.2 Å². The summed E-state index contributed by atoms with van der Waals surface area (Å²) in [6.45, 7) is 11.1. The molecule has 0 aliphatic rings. The second kappa shape index (κ2) is 13.5. The first-order valence-electron chi connectivity index (χ1n) is 8.68.